The summed E-state index contributed by atoms with van der Waals surface area (Å²) in [6.45, 7) is 7.88. The summed E-state index contributed by atoms with van der Waals surface area (Å²) >= 11 is 0. The fraction of sp³-hybridized carbons (Fsp3) is 0.929. The second kappa shape index (κ2) is 9.34. The molecule has 0 aliphatic carbocycles. The van der Waals surface area contributed by atoms with Crippen LogP contribution in [0.2, 0.25) is 0 Å². The number of carboxylic acids is 1. The SMILES string of the molecule is CC(CCNCCN1CCCCC1)CCC(=O)O. The molecule has 1 saturated heterocycles. The molecule has 0 aromatic rings. The first kappa shape index (κ1) is 15.4. The zero-order valence-electron chi connectivity index (χ0n) is 11.7. The zero-order valence-corrected chi connectivity index (χ0v) is 11.7. The van der Waals surface area contributed by atoms with E-state index in [9.17, 15) is 4.79 Å². The van der Waals surface area contributed by atoms with Crippen LogP contribution in [0, 0.1) is 5.92 Å². The van der Waals surface area contributed by atoms with Crippen molar-refractivity contribution in [1.29, 1.82) is 0 Å². The van der Waals surface area contributed by atoms with Crippen LogP contribution in [0.5, 0.6) is 0 Å². The van der Waals surface area contributed by atoms with Crippen LogP contribution >= 0.6 is 0 Å². The van der Waals surface area contributed by atoms with Gasteiger partial charge in [-0.05, 0) is 51.2 Å². The quantitative estimate of drug-likeness (QED) is 0.619. The van der Waals surface area contributed by atoms with Gasteiger partial charge in [0.2, 0.25) is 0 Å². The summed E-state index contributed by atoms with van der Waals surface area (Å²) in [7, 11) is 0. The number of nitrogens with one attached hydrogen (secondary N) is 1. The largest absolute Gasteiger partial charge is 0.481 e. The minimum Gasteiger partial charge on any atom is -0.481 e. The van der Waals surface area contributed by atoms with Gasteiger partial charge >= 0.3 is 5.97 Å². The molecule has 0 spiro atoms. The minimum atomic E-state index is -0.681. The highest BCUT2D eigenvalue weighted by atomic mass is 16.4. The van der Waals surface area contributed by atoms with Gasteiger partial charge in [0.15, 0.2) is 0 Å². The third-order valence-corrected chi connectivity index (χ3v) is 3.72. The standard InChI is InChI=1S/C14H28N2O2/c1-13(5-6-14(17)18)7-8-15-9-12-16-10-3-2-4-11-16/h13,15H,2-12H2,1H3,(H,17,18). The molecule has 1 aliphatic rings. The van der Waals surface area contributed by atoms with Crippen molar-refractivity contribution < 1.29 is 9.90 Å². The third-order valence-electron chi connectivity index (χ3n) is 3.72. The van der Waals surface area contributed by atoms with Gasteiger partial charge < -0.3 is 15.3 Å². The summed E-state index contributed by atoms with van der Waals surface area (Å²) in [4.78, 5) is 13.0. The van der Waals surface area contributed by atoms with Crippen LogP contribution in [0.4, 0.5) is 0 Å². The van der Waals surface area contributed by atoms with Crippen LogP contribution in [0.1, 0.15) is 45.4 Å². The van der Waals surface area contributed by atoms with E-state index in [2.05, 4.69) is 17.1 Å². The van der Waals surface area contributed by atoms with E-state index in [1.807, 2.05) is 0 Å². The summed E-state index contributed by atoms with van der Waals surface area (Å²) in [5, 5.41) is 12.1. The smallest absolute Gasteiger partial charge is 0.303 e. The maximum Gasteiger partial charge on any atom is 0.303 e. The van der Waals surface area contributed by atoms with E-state index in [-0.39, 0.29) is 0 Å². The minimum absolute atomic E-state index is 0.301. The Morgan fingerprint density at radius 3 is 2.61 bits per heavy atom. The Morgan fingerprint density at radius 2 is 1.94 bits per heavy atom. The van der Waals surface area contributed by atoms with Gasteiger partial charge in [0.1, 0.15) is 0 Å². The fourth-order valence-electron chi connectivity index (χ4n) is 2.41. The number of likely N-dealkylation sites (tertiary alicyclic amines) is 1. The Hall–Kier alpha value is -0.610. The van der Waals surface area contributed by atoms with E-state index >= 15 is 0 Å². The highest BCUT2D eigenvalue weighted by molar-refractivity contribution is 5.66. The first-order valence-corrected chi connectivity index (χ1v) is 7.33. The molecule has 0 saturated carbocycles. The van der Waals surface area contributed by atoms with E-state index in [1.54, 1.807) is 0 Å². The van der Waals surface area contributed by atoms with Crippen molar-refractivity contribution in [2.24, 2.45) is 5.92 Å². The summed E-state index contributed by atoms with van der Waals surface area (Å²) in [6, 6.07) is 0. The number of aliphatic carboxylic acids is 1. The number of carboxylic acid groups (broad SMARTS) is 1. The van der Waals surface area contributed by atoms with Crippen molar-refractivity contribution in [3.63, 3.8) is 0 Å². The lowest BCUT2D eigenvalue weighted by atomic mass is 10.0. The molecule has 18 heavy (non-hydrogen) atoms. The maximum absolute atomic E-state index is 10.4. The van der Waals surface area contributed by atoms with Gasteiger partial charge in [-0.1, -0.05) is 13.3 Å². The lowest BCUT2D eigenvalue weighted by Gasteiger charge is -2.26. The van der Waals surface area contributed by atoms with Gasteiger partial charge in [0, 0.05) is 19.5 Å². The Kier molecular flexibility index (Phi) is 8.01. The molecule has 0 amide bonds. The highest BCUT2D eigenvalue weighted by Gasteiger charge is 2.09. The van der Waals surface area contributed by atoms with E-state index in [1.165, 1.54) is 32.4 Å². The van der Waals surface area contributed by atoms with Crippen molar-refractivity contribution in [3.05, 3.63) is 0 Å². The van der Waals surface area contributed by atoms with Gasteiger partial charge in [0.25, 0.3) is 0 Å². The predicted molar refractivity (Wildman–Crippen MR) is 73.8 cm³/mol. The molecule has 1 rings (SSSR count). The molecule has 1 atom stereocenters. The summed E-state index contributed by atoms with van der Waals surface area (Å²) < 4.78 is 0. The van der Waals surface area contributed by atoms with Crippen LogP contribution in [0.15, 0.2) is 0 Å². The Labute approximate surface area is 111 Å². The van der Waals surface area contributed by atoms with E-state index < -0.39 is 5.97 Å². The molecule has 0 aromatic carbocycles. The molecular weight excluding hydrogens is 228 g/mol. The van der Waals surface area contributed by atoms with Crippen molar-refractivity contribution >= 4 is 5.97 Å². The highest BCUT2D eigenvalue weighted by Crippen LogP contribution is 2.09. The number of hydrogen-bond acceptors (Lipinski definition) is 3. The molecule has 2 N–H and O–H groups in total. The van der Waals surface area contributed by atoms with E-state index in [0.717, 1.165) is 32.5 Å². The topological polar surface area (TPSA) is 52.6 Å². The number of nitrogens with zero attached hydrogens (tertiary/aromatic N) is 1. The summed E-state index contributed by atoms with van der Waals surface area (Å²) in [6.07, 6.45) is 6.27. The Balaban J connectivity index is 1.89. The lowest BCUT2D eigenvalue weighted by Crippen LogP contribution is -2.36. The monoisotopic (exact) mass is 256 g/mol. The molecule has 4 heteroatoms. The third kappa shape index (κ3) is 7.67. The van der Waals surface area contributed by atoms with Crippen LogP contribution < -0.4 is 5.32 Å². The average molecular weight is 256 g/mol. The van der Waals surface area contributed by atoms with Crippen molar-refractivity contribution in [1.82, 2.24) is 10.2 Å². The van der Waals surface area contributed by atoms with Crippen molar-refractivity contribution in [3.8, 4) is 0 Å². The molecule has 106 valence electrons. The van der Waals surface area contributed by atoms with Crippen LogP contribution in [-0.4, -0.2) is 48.7 Å². The van der Waals surface area contributed by atoms with Crippen LogP contribution in [-0.2, 0) is 4.79 Å². The second-order valence-corrected chi connectivity index (χ2v) is 5.48. The van der Waals surface area contributed by atoms with E-state index in [4.69, 9.17) is 5.11 Å². The number of hydrogen-bond donors (Lipinski definition) is 2. The molecular formula is C14H28N2O2. The first-order valence-electron chi connectivity index (χ1n) is 7.33. The normalized spacial score (nSPS) is 18.7. The van der Waals surface area contributed by atoms with Gasteiger partial charge in [-0.3, -0.25) is 4.79 Å². The van der Waals surface area contributed by atoms with Crippen molar-refractivity contribution in [2.75, 3.05) is 32.7 Å². The van der Waals surface area contributed by atoms with Gasteiger partial charge in [-0.15, -0.1) is 0 Å². The maximum atomic E-state index is 10.4. The van der Waals surface area contributed by atoms with Crippen LogP contribution in [0.3, 0.4) is 0 Å². The summed E-state index contributed by atoms with van der Waals surface area (Å²) in [5.41, 5.74) is 0. The molecule has 0 aromatic heterocycles. The van der Waals surface area contributed by atoms with Crippen LogP contribution in [0.25, 0.3) is 0 Å². The molecule has 1 aliphatic heterocycles. The van der Waals surface area contributed by atoms with Gasteiger partial charge in [0.05, 0.1) is 0 Å². The molecule has 1 fully saturated rings. The molecule has 0 radical (unpaired) electrons. The van der Waals surface area contributed by atoms with Crippen molar-refractivity contribution in [2.45, 2.75) is 45.4 Å². The first-order chi connectivity index (χ1) is 8.68. The Morgan fingerprint density at radius 1 is 1.22 bits per heavy atom. The van der Waals surface area contributed by atoms with Gasteiger partial charge in [-0.2, -0.15) is 0 Å². The molecule has 1 unspecified atom stereocenters. The number of carbonyl (C=O) groups is 1. The predicted octanol–water partition coefficient (Wildman–Crippen LogP) is 1.95. The molecule has 0 bridgehead atoms. The number of piperidine rings is 1. The molecule has 1 heterocycles. The average Bonchev–Trinajstić information content (AvgIpc) is 2.37. The number of rotatable bonds is 9. The second-order valence-electron chi connectivity index (χ2n) is 5.48. The van der Waals surface area contributed by atoms with Gasteiger partial charge in [-0.25, -0.2) is 0 Å². The zero-order chi connectivity index (χ0) is 13.2. The summed E-state index contributed by atoms with van der Waals surface area (Å²) in [5.74, 6) is -0.177. The Bertz CT molecular complexity index is 228. The van der Waals surface area contributed by atoms with E-state index in [0.29, 0.717) is 12.3 Å². The molecule has 4 nitrogen and oxygen atoms in total. The fourth-order valence-corrected chi connectivity index (χ4v) is 2.41. The lowest BCUT2D eigenvalue weighted by molar-refractivity contribution is -0.137.